The van der Waals surface area contributed by atoms with Crippen molar-refractivity contribution in [1.82, 2.24) is 0 Å². The fourth-order valence-electron chi connectivity index (χ4n) is 5.72. The fourth-order valence-corrected chi connectivity index (χ4v) is 5.72. The highest BCUT2D eigenvalue weighted by Crippen LogP contribution is 2.22. The quantitative estimate of drug-likeness (QED) is 0.0512. The van der Waals surface area contributed by atoms with Crippen LogP contribution in [0.15, 0.2) is 0 Å². The van der Waals surface area contributed by atoms with Gasteiger partial charge >= 0.3 is 11.9 Å². The third kappa shape index (κ3) is 20.8. The molecule has 0 aromatic rings. The average molecular weight is 661 g/mol. The van der Waals surface area contributed by atoms with Crippen molar-refractivity contribution < 1.29 is 49.0 Å². The normalized spacial score (nSPS) is 22.1. The van der Waals surface area contributed by atoms with Crippen LogP contribution in [-0.4, -0.2) is 89.0 Å². The molecule has 1 rings (SSSR count). The SMILES string of the molecule is CCCCCCCCCCCCCCCCCC(=O)O[C@H](COC(=O)CCCCCCCC)CO[C@@H]1O[C@H](CO)[C@H](O)[C@H](O)[C@H]1O. The first-order valence-corrected chi connectivity index (χ1v) is 18.6. The van der Waals surface area contributed by atoms with Crippen molar-refractivity contribution >= 4 is 11.9 Å². The Morgan fingerprint density at radius 2 is 1.02 bits per heavy atom. The van der Waals surface area contributed by atoms with E-state index in [1.165, 1.54) is 77.0 Å². The molecular weight excluding hydrogens is 592 g/mol. The molecule has 0 aliphatic carbocycles. The number of hydrogen-bond donors (Lipinski definition) is 4. The number of hydrogen-bond acceptors (Lipinski definition) is 10. The predicted octanol–water partition coefficient (Wildman–Crippen LogP) is 6.27. The van der Waals surface area contributed by atoms with Crippen LogP contribution in [0.1, 0.15) is 162 Å². The number of carbonyl (C=O) groups is 2. The zero-order chi connectivity index (χ0) is 33.8. The third-order valence-electron chi connectivity index (χ3n) is 8.74. The molecule has 10 heteroatoms. The summed E-state index contributed by atoms with van der Waals surface area (Å²) in [7, 11) is 0. The minimum Gasteiger partial charge on any atom is -0.462 e. The predicted molar refractivity (Wildman–Crippen MR) is 178 cm³/mol. The summed E-state index contributed by atoms with van der Waals surface area (Å²) in [6.45, 7) is 3.34. The van der Waals surface area contributed by atoms with Gasteiger partial charge in [-0.25, -0.2) is 0 Å². The summed E-state index contributed by atoms with van der Waals surface area (Å²) in [5.74, 6) is -0.809. The Morgan fingerprint density at radius 3 is 1.48 bits per heavy atom. The molecule has 0 bridgehead atoms. The number of aliphatic hydroxyl groups is 4. The topological polar surface area (TPSA) is 152 Å². The highest BCUT2D eigenvalue weighted by Gasteiger charge is 2.44. The lowest BCUT2D eigenvalue weighted by atomic mass is 9.99. The van der Waals surface area contributed by atoms with Gasteiger partial charge < -0.3 is 39.4 Å². The van der Waals surface area contributed by atoms with Crippen LogP contribution in [0.3, 0.4) is 0 Å². The number of ether oxygens (including phenoxy) is 4. The summed E-state index contributed by atoms with van der Waals surface area (Å²) in [5.41, 5.74) is 0. The average Bonchev–Trinajstić information content (AvgIpc) is 3.05. The number of esters is 2. The van der Waals surface area contributed by atoms with E-state index in [2.05, 4.69) is 13.8 Å². The molecule has 0 amide bonds. The van der Waals surface area contributed by atoms with Gasteiger partial charge in [0.25, 0.3) is 0 Å². The molecule has 4 N–H and O–H groups in total. The summed E-state index contributed by atoms with van der Waals surface area (Å²) < 4.78 is 21.9. The van der Waals surface area contributed by atoms with Crippen LogP contribution in [0.4, 0.5) is 0 Å². The molecule has 0 aromatic heterocycles. The van der Waals surface area contributed by atoms with Crippen molar-refractivity contribution in [3.05, 3.63) is 0 Å². The molecule has 0 spiro atoms. The summed E-state index contributed by atoms with van der Waals surface area (Å²) in [6.07, 6.45) is 17.2. The van der Waals surface area contributed by atoms with Gasteiger partial charge in [0.2, 0.25) is 0 Å². The van der Waals surface area contributed by atoms with Crippen molar-refractivity contribution in [1.29, 1.82) is 0 Å². The standard InChI is InChI=1S/C36H68O10/c1-3-5-7-9-11-12-13-14-15-16-17-18-19-21-23-25-32(39)45-29(27-43-31(38)24-22-20-10-8-6-4-2)28-44-36-35(42)34(41)33(40)30(26-37)46-36/h29-30,33-37,40-42H,3-28H2,1-2H3/t29-,30-,33+,34+,35-,36-/m1/s1. The maximum atomic E-state index is 12.6. The van der Waals surface area contributed by atoms with E-state index in [0.717, 1.165) is 51.4 Å². The first-order valence-electron chi connectivity index (χ1n) is 18.6. The first kappa shape index (κ1) is 42.7. The lowest BCUT2D eigenvalue weighted by molar-refractivity contribution is -0.305. The van der Waals surface area contributed by atoms with E-state index in [9.17, 15) is 30.0 Å². The Labute approximate surface area is 278 Å². The van der Waals surface area contributed by atoms with Gasteiger partial charge in [0.15, 0.2) is 12.4 Å². The van der Waals surface area contributed by atoms with Crippen molar-refractivity contribution in [2.24, 2.45) is 0 Å². The highest BCUT2D eigenvalue weighted by atomic mass is 16.7. The van der Waals surface area contributed by atoms with Gasteiger partial charge in [-0.1, -0.05) is 136 Å². The molecule has 1 heterocycles. The van der Waals surface area contributed by atoms with E-state index in [1.807, 2.05) is 0 Å². The van der Waals surface area contributed by atoms with Gasteiger partial charge in [0.1, 0.15) is 31.0 Å². The van der Waals surface area contributed by atoms with E-state index >= 15 is 0 Å². The largest absolute Gasteiger partial charge is 0.462 e. The van der Waals surface area contributed by atoms with E-state index in [1.54, 1.807) is 0 Å². The van der Waals surface area contributed by atoms with Gasteiger partial charge in [0.05, 0.1) is 13.2 Å². The second-order valence-corrected chi connectivity index (χ2v) is 13.0. The fraction of sp³-hybridized carbons (Fsp3) is 0.944. The molecule has 1 aliphatic rings. The Morgan fingerprint density at radius 1 is 0.587 bits per heavy atom. The second-order valence-electron chi connectivity index (χ2n) is 13.0. The van der Waals surface area contributed by atoms with Crippen molar-refractivity contribution in [2.75, 3.05) is 19.8 Å². The summed E-state index contributed by atoms with van der Waals surface area (Å²) >= 11 is 0. The number of aliphatic hydroxyl groups excluding tert-OH is 4. The molecule has 272 valence electrons. The van der Waals surface area contributed by atoms with Gasteiger partial charge in [0, 0.05) is 12.8 Å². The molecule has 0 saturated carbocycles. The van der Waals surface area contributed by atoms with Crippen molar-refractivity contribution in [3.8, 4) is 0 Å². The zero-order valence-electron chi connectivity index (χ0n) is 29.1. The molecule has 1 saturated heterocycles. The van der Waals surface area contributed by atoms with Crippen LogP contribution < -0.4 is 0 Å². The molecule has 46 heavy (non-hydrogen) atoms. The molecule has 10 nitrogen and oxygen atoms in total. The van der Waals surface area contributed by atoms with Crippen LogP contribution in [0.5, 0.6) is 0 Å². The molecule has 0 unspecified atom stereocenters. The number of carbonyl (C=O) groups excluding carboxylic acids is 2. The van der Waals surface area contributed by atoms with E-state index in [4.69, 9.17) is 18.9 Å². The van der Waals surface area contributed by atoms with Gasteiger partial charge in [-0.15, -0.1) is 0 Å². The number of rotatable bonds is 30. The van der Waals surface area contributed by atoms with Crippen molar-refractivity contribution in [3.63, 3.8) is 0 Å². The Bertz CT molecular complexity index is 734. The molecule has 0 radical (unpaired) electrons. The number of unbranched alkanes of at least 4 members (excludes halogenated alkanes) is 19. The minimum absolute atomic E-state index is 0.212. The highest BCUT2D eigenvalue weighted by molar-refractivity contribution is 5.70. The van der Waals surface area contributed by atoms with E-state index < -0.39 is 49.4 Å². The zero-order valence-corrected chi connectivity index (χ0v) is 29.1. The smallest absolute Gasteiger partial charge is 0.306 e. The van der Waals surface area contributed by atoms with E-state index in [0.29, 0.717) is 6.42 Å². The summed E-state index contributed by atoms with van der Waals surface area (Å²) in [4.78, 5) is 24.9. The van der Waals surface area contributed by atoms with Gasteiger partial charge in [-0.2, -0.15) is 0 Å². The Hall–Kier alpha value is -1.30. The maximum absolute atomic E-state index is 12.6. The van der Waals surface area contributed by atoms with Gasteiger partial charge in [-0.3, -0.25) is 9.59 Å². The minimum atomic E-state index is -1.59. The molecular formula is C36H68O10. The third-order valence-corrected chi connectivity index (χ3v) is 8.74. The summed E-state index contributed by atoms with van der Waals surface area (Å²) in [5, 5.41) is 39.7. The Balaban J connectivity index is 2.35. The lowest BCUT2D eigenvalue weighted by Gasteiger charge is -2.39. The van der Waals surface area contributed by atoms with Crippen LogP contribution in [0.2, 0.25) is 0 Å². The maximum Gasteiger partial charge on any atom is 0.306 e. The monoisotopic (exact) mass is 660 g/mol. The molecule has 6 atom stereocenters. The molecule has 0 aromatic carbocycles. The Kier molecular flexibility index (Phi) is 26.6. The van der Waals surface area contributed by atoms with Crippen LogP contribution in [0.25, 0.3) is 0 Å². The molecule has 1 aliphatic heterocycles. The van der Waals surface area contributed by atoms with Crippen LogP contribution >= 0.6 is 0 Å². The van der Waals surface area contributed by atoms with Gasteiger partial charge in [-0.05, 0) is 12.8 Å². The van der Waals surface area contributed by atoms with Crippen LogP contribution in [-0.2, 0) is 28.5 Å². The van der Waals surface area contributed by atoms with Crippen molar-refractivity contribution in [2.45, 2.75) is 198 Å². The van der Waals surface area contributed by atoms with Crippen LogP contribution in [0, 0.1) is 0 Å². The summed E-state index contributed by atoms with van der Waals surface area (Å²) in [6, 6.07) is 0. The van der Waals surface area contributed by atoms with E-state index in [-0.39, 0.29) is 32.0 Å². The first-order chi connectivity index (χ1) is 22.3. The molecule has 1 fully saturated rings. The second kappa shape index (κ2) is 28.7. The lowest BCUT2D eigenvalue weighted by Crippen LogP contribution is -2.59.